The van der Waals surface area contributed by atoms with E-state index in [1.165, 1.54) is 55.3 Å². The van der Waals surface area contributed by atoms with Crippen LogP contribution in [0.1, 0.15) is 50.8 Å². The molecule has 3 amide bonds. The van der Waals surface area contributed by atoms with Crippen LogP contribution in [0.2, 0.25) is 0 Å². The predicted octanol–water partition coefficient (Wildman–Crippen LogP) is 3.99. The number of nitrogens with zero attached hydrogens (tertiary/aromatic N) is 3. The van der Waals surface area contributed by atoms with E-state index < -0.39 is 71.8 Å². The fourth-order valence-corrected chi connectivity index (χ4v) is 6.43. The molecular weight excluding hydrogens is 745 g/mol. The molecule has 0 unspecified atom stereocenters. The number of benzene rings is 3. The maximum absolute atomic E-state index is 14.5. The average molecular weight is 805 g/mol. The van der Waals surface area contributed by atoms with Gasteiger partial charge in [0.05, 0.1) is 14.2 Å². The number of phenolic OH excluding ortho intramolecular Hbond substituents is 2. The lowest BCUT2D eigenvalue weighted by Gasteiger charge is -2.36. The number of likely N-dealkylation sites (N-methyl/N-ethyl adjacent to an activating group) is 3. The molecule has 14 heteroatoms. The molecule has 0 heterocycles. The van der Waals surface area contributed by atoms with Crippen LogP contribution in [-0.2, 0) is 52.7 Å². The predicted molar refractivity (Wildman–Crippen MR) is 219 cm³/mol. The lowest BCUT2D eigenvalue weighted by atomic mass is 9.96. The van der Waals surface area contributed by atoms with Crippen molar-refractivity contribution in [1.29, 1.82) is 0 Å². The first kappa shape index (κ1) is 46.8. The van der Waals surface area contributed by atoms with Crippen LogP contribution in [-0.4, -0.2) is 127 Å². The quantitative estimate of drug-likeness (QED) is 0.141. The Balaban J connectivity index is 1.92. The van der Waals surface area contributed by atoms with E-state index in [0.717, 1.165) is 5.56 Å². The molecule has 3 N–H and O–H groups in total. The monoisotopic (exact) mass is 804 g/mol. The standard InChI is InChI=1S/C44H60N4O10/c1-11-28(4)39(58-44(55)36(46(5)6)25-31-16-22-34(56-9)23-17-31)40(51)45-38(27(2)3)42(53)47(7)35(24-29-12-18-32(49)19-13-29)41(52)48(8)37(43(54)57-10)26-30-14-20-33(50)21-15-30/h12-23,27-28,35-39,49-50H,11,24-26H2,1-10H3,(H,45,51)/t28-,35+,36+,37-,38-,39-/m0/s1. The van der Waals surface area contributed by atoms with Gasteiger partial charge in [-0.25, -0.2) is 4.79 Å². The molecule has 58 heavy (non-hydrogen) atoms. The van der Waals surface area contributed by atoms with Gasteiger partial charge in [0.15, 0.2) is 6.10 Å². The van der Waals surface area contributed by atoms with Crippen LogP contribution in [0.3, 0.4) is 0 Å². The highest BCUT2D eigenvalue weighted by Gasteiger charge is 2.40. The molecular formula is C44H60N4O10. The van der Waals surface area contributed by atoms with Crippen LogP contribution in [0.15, 0.2) is 72.8 Å². The second-order valence-electron chi connectivity index (χ2n) is 15.2. The fourth-order valence-electron chi connectivity index (χ4n) is 6.43. The zero-order valence-electron chi connectivity index (χ0n) is 35.3. The Morgan fingerprint density at radius 2 is 1.09 bits per heavy atom. The molecule has 3 aromatic rings. The highest BCUT2D eigenvalue weighted by Crippen LogP contribution is 2.22. The van der Waals surface area contributed by atoms with Gasteiger partial charge in [0.25, 0.3) is 5.91 Å². The molecule has 14 nitrogen and oxygen atoms in total. The number of esters is 2. The molecule has 3 aromatic carbocycles. The summed E-state index contributed by atoms with van der Waals surface area (Å²) in [6.07, 6.45) is -0.341. The number of methoxy groups -OCH3 is 2. The smallest absolute Gasteiger partial charge is 0.328 e. The summed E-state index contributed by atoms with van der Waals surface area (Å²) in [5.74, 6) is -3.22. The lowest BCUT2D eigenvalue weighted by Crippen LogP contribution is -2.59. The third-order valence-electron chi connectivity index (χ3n) is 10.5. The van der Waals surface area contributed by atoms with E-state index >= 15 is 0 Å². The number of hydrogen-bond acceptors (Lipinski definition) is 11. The van der Waals surface area contributed by atoms with Gasteiger partial charge in [0, 0.05) is 32.9 Å². The second kappa shape index (κ2) is 21.8. The number of phenols is 2. The largest absolute Gasteiger partial charge is 0.508 e. The van der Waals surface area contributed by atoms with Crippen molar-refractivity contribution in [3.05, 3.63) is 89.5 Å². The Morgan fingerprint density at radius 1 is 0.638 bits per heavy atom. The molecule has 0 bridgehead atoms. The molecule has 0 aliphatic rings. The van der Waals surface area contributed by atoms with Crippen LogP contribution in [0, 0.1) is 11.8 Å². The summed E-state index contributed by atoms with van der Waals surface area (Å²) in [6.45, 7) is 7.18. The van der Waals surface area contributed by atoms with Gasteiger partial charge in [-0.1, -0.05) is 64.1 Å². The molecule has 0 saturated heterocycles. The Hall–Kier alpha value is -5.63. The van der Waals surface area contributed by atoms with Crippen molar-refractivity contribution in [1.82, 2.24) is 20.0 Å². The minimum absolute atomic E-state index is 0.00475. The van der Waals surface area contributed by atoms with Gasteiger partial charge in [0.1, 0.15) is 41.4 Å². The highest BCUT2D eigenvalue weighted by atomic mass is 16.6. The average Bonchev–Trinajstić information content (AvgIpc) is 3.21. The Labute approximate surface area is 342 Å². The van der Waals surface area contributed by atoms with E-state index in [2.05, 4.69) is 5.32 Å². The molecule has 6 atom stereocenters. The molecule has 0 aromatic heterocycles. The Morgan fingerprint density at radius 3 is 1.52 bits per heavy atom. The molecule has 3 rings (SSSR count). The van der Waals surface area contributed by atoms with Gasteiger partial charge >= 0.3 is 11.9 Å². The second-order valence-corrected chi connectivity index (χ2v) is 15.2. The number of hydrogen-bond donors (Lipinski definition) is 3. The van der Waals surface area contributed by atoms with Crippen molar-refractivity contribution in [2.45, 2.75) is 83.6 Å². The van der Waals surface area contributed by atoms with Crippen molar-refractivity contribution >= 4 is 29.7 Å². The minimum atomic E-state index is -1.23. The zero-order valence-corrected chi connectivity index (χ0v) is 35.3. The summed E-state index contributed by atoms with van der Waals surface area (Å²) in [7, 11) is 9.21. The third-order valence-corrected chi connectivity index (χ3v) is 10.5. The van der Waals surface area contributed by atoms with Crippen LogP contribution in [0.4, 0.5) is 0 Å². The van der Waals surface area contributed by atoms with Crippen LogP contribution in [0.5, 0.6) is 17.2 Å². The third kappa shape index (κ3) is 12.7. The van der Waals surface area contributed by atoms with Crippen molar-refractivity contribution in [2.75, 3.05) is 42.4 Å². The molecule has 0 saturated carbocycles. The summed E-state index contributed by atoms with van der Waals surface area (Å²) in [5, 5.41) is 22.6. The molecule has 0 aliphatic carbocycles. The van der Waals surface area contributed by atoms with Crippen LogP contribution >= 0.6 is 0 Å². The maximum Gasteiger partial charge on any atom is 0.328 e. The van der Waals surface area contributed by atoms with Crippen LogP contribution in [0.25, 0.3) is 0 Å². The minimum Gasteiger partial charge on any atom is -0.508 e. The number of aromatic hydroxyl groups is 2. The highest BCUT2D eigenvalue weighted by molar-refractivity contribution is 5.95. The Bertz CT molecular complexity index is 1820. The van der Waals surface area contributed by atoms with Gasteiger partial charge in [-0.2, -0.15) is 0 Å². The molecule has 0 fully saturated rings. The zero-order chi connectivity index (χ0) is 43.3. The first-order valence-corrected chi connectivity index (χ1v) is 19.4. The fraction of sp³-hybridized carbons (Fsp3) is 0.477. The summed E-state index contributed by atoms with van der Waals surface area (Å²) in [4.78, 5) is 74.2. The van der Waals surface area contributed by atoms with Crippen LogP contribution < -0.4 is 10.1 Å². The van der Waals surface area contributed by atoms with E-state index in [9.17, 15) is 34.2 Å². The first-order valence-electron chi connectivity index (χ1n) is 19.4. The topological polar surface area (TPSA) is 175 Å². The van der Waals surface area contributed by atoms with Gasteiger partial charge in [-0.05, 0) is 85.9 Å². The summed E-state index contributed by atoms with van der Waals surface area (Å²) >= 11 is 0. The van der Waals surface area contributed by atoms with Gasteiger partial charge in [-0.15, -0.1) is 0 Å². The Kier molecular flexibility index (Phi) is 17.5. The van der Waals surface area contributed by atoms with E-state index in [-0.39, 0.29) is 24.3 Å². The number of ether oxygens (including phenoxy) is 3. The van der Waals surface area contributed by atoms with Crippen molar-refractivity contribution < 1.29 is 48.4 Å². The lowest BCUT2D eigenvalue weighted by molar-refractivity contribution is -0.164. The van der Waals surface area contributed by atoms with Crippen molar-refractivity contribution in [3.63, 3.8) is 0 Å². The summed E-state index contributed by atoms with van der Waals surface area (Å²) in [6, 6.07) is 15.6. The number of carbonyl (C=O) groups excluding carboxylic acids is 5. The van der Waals surface area contributed by atoms with Gasteiger partial charge in [-0.3, -0.25) is 24.1 Å². The van der Waals surface area contributed by atoms with E-state index in [1.54, 1.807) is 83.3 Å². The number of rotatable bonds is 20. The number of nitrogens with one attached hydrogen (secondary N) is 1. The van der Waals surface area contributed by atoms with Gasteiger partial charge in [0.2, 0.25) is 11.8 Å². The molecule has 316 valence electrons. The van der Waals surface area contributed by atoms with E-state index in [0.29, 0.717) is 29.7 Å². The van der Waals surface area contributed by atoms with E-state index in [4.69, 9.17) is 14.2 Å². The normalized spacial score (nSPS) is 14.3. The SMILES string of the molecule is CC[C@H](C)[C@H](OC(=O)[C@@H](Cc1ccc(OC)cc1)N(C)C)C(=O)N[C@H](C(=O)N(C)[C@H](Cc1ccc(O)cc1)C(=O)N(C)[C@@H](Cc1ccc(O)cc1)C(=O)OC)C(C)C. The first-order chi connectivity index (χ1) is 27.4. The summed E-state index contributed by atoms with van der Waals surface area (Å²) < 4.78 is 16.3. The number of carbonyl (C=O) groups is 5. The molecule has 0 radical (unpaired) electrons. The number of amides is 3. The molecule has 0 spiro atoms. The van der Waals surface area contributed by atoms with E-state index in [1.807, 2.05) is 19.1 Å². The maximum atomic E-state index is 14.5. The molecule has 0 aliphatic heterocycles. The summed E-state index contributed by atoms with van der Waals surface area (Å²) in [5.41, 5.74) is 2.15. The van der Waals surface area contributed by atoms with Crippen molar-refractivity contribution in [2.24, 2.45) is 11.8 Å². The van der Waals surface area contributed by atoms with Crippen molar-refractivity contribution in [3.8, 4) is 17.2 Å². The van der Waals surface area contributed by atoms with Gasteiger partial charge < -0.3 is 39.5 Å².